The molecule has 3 rings (SSSR count). The van der Waals surface area contributed by atoms with Crippen molar-refractivity contribution in [2.45, 2.75) is 43.4 Å². The lowest BCUT2D eigenvalue weighted by Crippen LogP contribution is -2.36. The molecule has 22 heavy (non-hydrogen) atoms. The van der Waals surface area contributed by atoms with Gasteiger partial charge in [0.05, 0.1) is 5.60 Å². The molecule has 2 heterocycles. The number of nitrogens with zero attached hydrogens (tertiary/aromatic N) is 4. The summed E-state index contributed by atoms with van der Waals surface area (Å²) in [4.78, 5) is 4.02. The normalized spacial score (nSPS) is 25.3. The van der Waals surface area contributed by atoms with E-state index in [1.54, 1.807) is 24.2 Å². The number of aliphatic hydroxyl groups is 1. The Morgan fingerprint density at radius 2 is 1.95 bits per heavy atom. The summed E-state index contributed by atoms with van der Waals surface area (Å²) in [5, 5.41) is 20.1. The Morgan fingerprint density at radius 3 is 2.64 bits per heavy atom. The van der Waals surface area contributed by atoms with Crippen LogP contribution in [0.4, 0.5) is 0 Å². The standard InChI is InChI=1S/C16H22N4OS/c1-12-3-7-16(21,8-4-12)11-22-15-19-18-14(20(15)2)13-5-9-17-10-6-13/h5-6,9-10,12,21H,3-4,7-8,11H2,1-2H3. The van der Waals surface area contributed by atoms with Crippen molar-refractivity contribution in [1.82, 2.24) is 19.7 Å². The van der Waals surface area contributed by atoms with Crippen LogP contribution in [-0.2, 0) is 7.05 Å². The lowest BCUT2D eigenvalue weighted by molar-refractivity contribution is 0.0149. The first-order valence-electron chi connectivity index (χ1n) is 7.72. The highest BCUT2D eigenvalue weighted by atomic mass is 32.2. The van der Waals surface area contributed by atoms with Crippen molar-refractivity contribution >= 4 is 11.8 Å². The van der Waals surface area contributed by atoms with Gasteiger partial charge in [0, 0.05) is 30.8 Å². The van der Waals surface area contributed by atoms with Crippen LogP contribution in [0, 0.1) is 5.92 Å². The average Bonchev–Trinajstić information content (AvgIpc) is 2.91. The van der Waals surface area contributed by atoms with E-state index >= 15 is 0 Å². The summed E-state index contributed by atoms with van der Waals surface area (Å²) in [6, 6.07) is 3.85. The molecule has 118 valence electrons. The van der Waals surface area contributed by atoms with Crippen LogP contribution in [0.25, 0.3) is 11.4 Å². The second kappa shape index (κ2) is 6.38. The maximum absolute atomic E-state index is 10.7. The Bertz CT molecular complexity index is 620. The van der Waals surface area contributed by atoms with Gasteiger partial charge in [-0.15, -0.1) is 10.2 Å². The first-order chi connectivity index (χ1) is 10.6. The third-order valence-corrected chi connectivity index (χ3v) is 5.74. The van der Waals surface area contributed by atoms with Crippen molar-refractivity contribution in [1.29, 1.82) is 0 Å². The summed E-state index contributed by atoms with van der Waals surface area (Å²) in [7, 11) is 1.96. The smallest absolute Gasteiger partial charge is 0.191 e. The largest absolute Gasteiger partial charge is 0.389 e. The van der Waals surface area contributed by atoms with Gasteiger partial charge >= 0.3 is 0 Å². The van der Waals surface area contributed by atoms with Crippen LogP contribution in [0.3, 0.4) is 0 Å². The highest BCUT2D eigenvalue weighted by molar-refractivity contribution is 7.99. The fraction of sp³-hybridized carbons (Fsp3) is 0.562. The van der Waals surface area contributed by atoms with E-state index in [1.165, 1.54) is 0 Å². The van der Waals surface area contributed by atoms with Gasteiger partial charge in [0.2, 0.25) is 0 Å². The Hall–Kier alpha value is -1.40. The zero-order valence-corrected chi connectivity index (χ0v) is 13.9. The molecule has 1 saturated carbocycles. The van der Waals surface area contributed by atoms with Crippen LogP contribution in [-0.4, -0.2) is 36.2 Å². The number of rotatable bonds is 4. The molecule has 1 fully saturated rings. The number of hydrogen-bond acceptors (Lipinski definition) is 5. The third-order valence-electron chi connectivity index (χ3n) is 4.45. The number of thioether (sulfide) groups is 1. The Morgan fingerprint density at radius 1 is 1.27 bits per heavy atom. The molecule has 0 radical (unpaired) electrons. The Kier molecular flexibility index (Phi) is 4.49. The van der Waals surface area contributed by atoms with E-state index in [4.69, 9.17) is 0 Å². The minimum Gasteiger partial charge on any atom is -0.389 e. The molecule has 2 aromatic rings. The third kappa shape index (κ3) is 3.33. The van der Waals surface area contributed by atoms with Gasteiger partial charge in [-0.3, -0.25) is 4.98 Å². The predicted octanol–water partition coefficient (Wildman–Crippen LogP) is 2.91. The molecular formula is C16H22N4OS. The van der Waals surface area contributed by atoms with Crippen LogP contribution in [0.2, 0.25) is 0 Å². The van der Waals surface area contributed by atoms with Gasteiger partial charge in [-0.2, -0.15) is 0 Å². The molecule has 0 aromatic carbocycles. The van der Waals surface area contributed by atoms with Gasteiger partial charge in [-0.1, -0.05) is 18.7 Å². The summed E-state index contributed by atoms with van der Waals surface area (Å²) in [6.07, 6.45) is 7.49. The maximum Gasteiger partial charge on any atom is 0.191 e. The van der Waals surface area contributed by atoms with Gasteiger partial charge < -0.3 is 9.67 Å². The van der Waals surface area contributed by atoms with Crippen LogP contribution in [0.1, 0.15) is 32.6 Å². The van der Waals surface area contributed by atoms with E-state index in [2.05, 4.69) is 22.1 Å². The van der Waals surface area contributed by atoms with E-state index in [0.29, 0.717) is 5.75 Å². The lowest BCUT2D eigenvalue weighted by Gasteiger charge is -2.34. The first kappa shape index (κ1) is 15.5. The molecule has 2 aromatic heterocycles. The van der Waals surface area contributed by atoms with Crippen LogP contribution in [0.15, 0.2) is 29.7 Å². The van der Waals surface area contributed by atoms with E-state index in [1.807, 2.05) is 23.7 Å². The molecule has 0 unspecified atom stereocenters. The number of pyridine rings is 1. The fourth-order valence-electron chi connectivity index (χ4n) is 2.84. The molecule has 1 aliphatic carbocycles. The zero-order chi connectivity index (χ0) is 15.6. The SMILES string of the molecule is CC1CCC(O)(CSc2nnc(-c3ccncc3)n2C)CC1. The molecule has 0 aliphatic heterocycles. The van der Waals surface area contributed by atoms with Crippen molar-refractivity contribution in [3.8, 4) is 11.4 Å². The van der Waals surface area contributed by atoms with Gasteiger partial charge in [-0.05, 0) is 43.7 Å². The van der Waals surface area contributed by atoms with Crippen molar-refractivity contribution in [3.05, 3.63) is 24.5 Å². The molecule has 0 atom stereocenters. The quantitative estimate of drug-likeness (QED) is 0.878. The van der Waals surface area contributed by atoms with Crippen LogP contribution >= 0.6 is 11.8 Å². The maximum atomic E-state index is 10.7. The molecule has 0 spiro atoms. The van der Waals surface area contributed by atoms with Crippen LogP contribution < -0.4 is 0 Å². The second-order valence-corrected chi connectivity index (χ2v) is 7.24. The van der Waals surface area contributed by atoms with Crippen molar-refractivity contribution in [2.24, 2.45) is 13.0 Å². The summed E-state index contributed by atoms with van der Waals surface area (Å²) < 4.78 is 1.98. The molecule has 0 amide bonds. The number of aromatic nitrogens is 4. The summed E-state index contributed by atoms with van der Waals surface area (Å²) >= 11 is 1.59. The highest BCUT2D eigenvalue weighted by Crippen LogP contribution is 2.35. The average molecular weight is 318 g/mol. The van der Waals surface area contributed by atoms with E-state index in [-0.39, 0.29) is 0 Å². The molecule has 6 heteroatoms. The highest BCUT2D eigenvalue weighted by Gasteiger charge is 2.32. The topological polar surface area (TPSA) is 63.8 Å². The second-order valence-electron chi connectivity index (χ2n) is 6.30. The van der Waals surface area contributed by atoms with Crippen LogP contribution in [0.5, 0.6) is 0 Å². The summed E-state index contributed by atoms with van der Waals surface area (Å²) in [5.74, 6) is 2.25. The van der Waals surface area contributed by atoms with Crippen molar-refractivity contribution in [3.63, 3.8) is 0 Å². The fourth-order valence-corrected chi connectivity index (χ4v) is 3.90. The van der Waals surface area contributed by atoms with E-state index in [9.17, 15) is 5.11 Å². The molecule has 1 N–H and O–H groups in total. The Labute approximate surface area is 135 Å². The van der Waals surface area contributed by atoms with Gasteiger partial charge in [0.1, 0.15) is 0 Å². The van der Waals surface area contributed by atoms with E-state index < -0.39 is 5.60 Å². The minimum absolute atomic E-state index is 0.556. The predicted molar refractivity (Wildman–Crippen MR) is 87.5 cm³/mol. The monoisotopic (exact) mass is 318 g/mol. The summed E-state index contributed by atoms with van der Waals surface area (Å²) in [5.41, 5.74) is 0.446. The molecule has 0 bridgehead atoms. The molecule has 1 aliphatic rings. The van der Waals surface area contributed by atoms with Gasteiger partial charge in [0.15, 0.2) is 11.0 Å². The lowest BCUT2D eigenvalue weighted by atomic mass is 9.81. The van der Waals surface area contributed by atoms with E-state index in [0.717, 1.165) is 48.1 Å². The first-order valence-corrected chi connectivity index (χ1v) is 8.71. The van der Waals surface area contributed by atoms with Gasteiger partial charge in [0.25, 0.3) is 0 Å². The number of hydrogen-bond donors (Lipinski definition) is 1. The Balaban J connectivity index is 1.68. The summed E-state index contributed by atoms with van der Waals surface area (Å²) in [6.45, 7) is 2.26. The van der Waals surface area contributed by atoms with Gasteiger partial charge in [-0.25, -0.2) is 0 Å². The molecule has 5 nitrogen and oxygen atoms in total. The van der Waals surface area contributed by atoms with Crippen molar-refractivity contribution in [2.75, 3.05) is 5.75 Å². The molecule has 0 saturated heterocycles. The zero-order valence-electron chi connectivity index (χ0n) is 13.1. The minimum atomic E-state index is -0.556. The van der Waals surface area contributed by atoms with Crippen molar-refractivity contribution < 1.29 is 5.11 Å². The molecular weight excluding hydrogens is 296 g/mol.